The van der Waals surface area contributed by atoms with E-state index in [0.717, 1.165) is 22.8 Å². The molecule has 3 rings (SSSR count). The SMILES string of the molecule is COc1ccc(Sc2ccc(CNC3CC3)cc2Br)cc1. The molecular formula is C17H18BrNOS. The topological polar surface area (TPSA) is 21.3 Å². The van der Waals surface area contributed by atoms with Crippen LogP contribution in [0.2, 0.25) is 0 Å². The standard InChI is InChI=1S/C17H18BrNOS/c1-20-14-5-7-15(8-6-14)21-17-9-2-12(10-16(17)18)11-19-13-3-4-13/h2,5-10,13,19H,3-4,11H2,1H3. The Balaban J connectivity index is 1.66. The lowest BCUT2D eigenvalue weighted by atomic mass is 10.2. The lowest BCUT2D eigenvalue weighted by molar-refractivity contribution is 0.414. The molecule has 110 valence electrons. The van der Waals surface area contributed by atoms with Crippen molar-refractivity contribution < 1.29 is 4.74 Å². The fourth-order valence-corrected chi connectivity index (χ4v) is 3.55. The smallest absolute Gasteiger partial charge is 0.118 e. The predicted octanol–water partition coefficient (Wildman–Crippen LogP) is 4.86. The molecule has 1 aliphatic rings. The summed E-state index contributed by atoms with van der Waals surface area (Å²) in [6.07, 6.45) is 2.65. The molecule has 2 aromatic carbocycles. The first-order valence-corrected chi connectivity index (χ1v) is 8.69. The minimum Gasteiger partial charge on any atom is -0.497 e. The van der Waals surface area contributed by atoms with Gasteiger partial charge in [-0.1, -0.05) is 17.8 Å². The van der Waals surface area contributed by atoms with Crippen molar-refractivity contribution in [1.29, 1.82) is 0 Å². The number of methoxy groups -OCH3 is 1. The van der Waals surface area contributed by atoms with E-state index in [1.165, 1.54) is 28.2 Å². The van der Waals surface area contributed by atoms with Crippen LogP contribution in [0.15, 0.2) is 56.7 Å². The third-order valence-corrected chi connectivity index (χ3v) is 5.46. The van der Waals surface area contributed by atoms with Gasteiger partial charge in [0.2, 0.25) is 0 Å². The van der Waals surface area contributed by atoms with Gasteiger partial charge in [-0.05, 0) is 70.7 Å². The first kappa shape index (κ1) is 14.9. The first-order valence-electron chi connectivity index (χ1n) is 7.08. The van der Waals surface area contributed by atoms with Crippen LogP contribution in [0.1, 0.15) is 18.4 Å². The van der Waals surface area contributed by atoms with Crippen molar-refractivity contribution >= 4 is 27.7 Å². The molecular weight excluding hydrogens is 346 g/mol. The van der Waals surface area contributed by atoms with Gasteiger partial charge in [0.25, 0.3) is 0 Å². The number of hydrogen-bond donors (Lipinski definition) is 1. The van der Waals surface area contributed by atoms with E-state index in [4.69, 9.17) is 4.74 Å². The molecule has 0 heterocycles. The van der Waals surface area contributed by atoms with Crippen LogP contribution in [0, 0.1) is 0 Å². The second-order valence-electron chi connectivity index (χ2n) is 5.20. The molecule has 0 aliphatic heterocycles. The molecule has 0 aromatic heterocycles. The van der Waals surface area contributed by atoms with Gasteiger partial charge in [-0.25, -0.2) is 0 Å². The molecule has 0 atom stereocenters. The third kappa shape index (κ3) is 4.25. The molecule has 0 saturated heterocycles. The summed E-state index contributed by atoms with van der Waals surface area (Å²) in [5.41, 5.74) is 1.33. The van der Waals surface area contributed by atoms with Gasteiger partial charge in [-0.2, -0.15) is 0 Å². The van der Waals surface area contributed by atoms with Crippen molar-refractivity contribution in [2.45, 2.75) is 35.2 Å². The van der Waals surface area contributed by atoms with Crippen molar-refractivity contribution in [2.75, 3.05) is 7.11 Å². The number of nitrogens with one attached hydrogen (secondary N) is 1. The minimum atomic E-state index is 0.747. The average Bonchev–Trinajstić information content (AvgIpc) is 3.33. The number of rotatable bonds is 6. The van der Waals surface area contributed by atoms with E-state index >= 15 is 0 Å². The van der Waals surface area contributed by atoms with Gasteiger partial charge in [-0.3, -0.25) is 0 Å². The number of halogens is 1. The van der Waals surface area contributed by atoms with E-state index < -0.39 is 0 Å². The van der Waals surface area contributed by atoms with Crippen LogP contribution in [0.5, 0.6) is 5.75 Å². The maximum atomic E-state index is 5.18. The zero-order valence-electron chi connectivity index (χ0n) is 11.9. The Morgan fingerprint density at radius 3 is 2.57 bits per heavy atom. The van der Waals surface area contributed by atoms with Gasteiger partial charge < -0.3 is 10.1 Å². The maximum Gasteiger partial charge on any atom is 0.118 e. The van der Waals surface area contributed by atoms with Crippen LogP contribution < -0.4 is 10.1 Å². The molecule has 0 bridgehead atoms. The molecule has 1 fully saturated rings. The highest BCUT2D eigenvalue weighted by Gasteiger charge is 2.19. The molecule has 0 amide bonds. The summed E-state index contributed by atoms with van der Waals surface area (Å²) in [6, 6.07) is 15.5. The highest BCUT2D eigenvalue weighted by Crippen LogP contribution is 2.34. The summed E-state index contributed by atoms with van der Waals surface area (Å²) < 4.78 is 6.34. The van der Waals surface area contributed by atoms with E-state index in [-0.39, 0.29) is 0 Å². The van der Waals surface area contributed by atoms with E-state index in [2.05, 4.69) is 51.6 Å². The Kier molecular flexibility index (Phi) is 4.88. The molecule has 4 heteroatoms. The Labute approximate surface area is 138 Å². The number of hydrogen-bond acceptors (Lipinski definition) is 3. The minimum absolute atomic E-state index is 0.747. The van der Waals surface area contributed by atoms with Crippen molar-refractivity contribution in [3.8, 4) is 5.75 Å². The summed E-state index contributed by atoms with van der Waals surface area (Å²) in [6.45, 7) is 0.955. The van der Waals surface area contributed by atoms with Gasteiger partial charge in [0.15, 0.2) is 0 Å². The molecule has 1 saturated carbocycles. The number of benzene rings is 2. The Bertz CT molecular complexity index is 611. The van der Waals surface area contributed by atoms with Crippen LogP contribution in [-0.4, -0.2) is 13.2 Å². The predicted molar refractivity (Wildman–Crippen MR) is 91.1 cm³/mol. The summed E-state index contributed by atoms with van der Waals surface area (Å²) in [5, 5.41) is 3.54. The monoisotopic (exact) mass is 363 g/mol. The van der Waals surface area contributed by atoms with Crippen LogP contribution in [0.4, 0.5) is 0 Å². The highest BCUT2D eigenvalue weighted by molar-refractivity contribution is 9.10. The van der Waals surface area contributed by atoms with Crippen molar-refractivity contribution in [3.63, 3.8) is 0 Å². The summed E-state index contributed by atoms with van der Waals surface area (Å²) in [5.74, 6) is 0.889. The largest absolute Gasteiger partial charge is 0.497 e. The zero-order chi connectivity index (χ0) is 14.7. The van der Waals surface area contributed by atoms with Crippen molar-refractivity contribution in [3.05, 3.63) is 52.5 Å². The quantitative estimate of drug-likeness (QED) is 0.791. The Morgan fingerprint density at radius 2 is 1.95 bits per heavy atom. The summed E-state index contributed by atoms with van der Waals surface area (Å²) in [4.78, 5) is 2.44. The Morgan fingerprint density at radius 1 is 1.19 bits per heavy atom. The van der Waals surface area contributed by atoms with Gasteiger partial charge in [0.1, 0.15) is 5.75 Å². The first-order chi connectivity index (χ1) is 10.2. The van der Waals surface area contributed by atoms with Crippen molar-refractivity contribution in [1.82, 2.24) is 5.32 Å². The lowest BCUT2D eigenvalue weighted by Gasteiger charge is -2.08. The number of ether oxygens (including phenoxy) is 1. The summed E-state index contributed by atoms with van der Waals surface area (Å²) in [7, 11) is 1.69. The zero-order valence-corrected chi connectivity index (χ0v) is 14.3. The van der Waals surface area contributed by atoms with Crippen LogP contribution in [-0.2, 0) is 6.54 Å². The fraction of sp³-hybridized carbons (Fsp3) is 0.294. The van der Waals surface area contributed by atoms with Crippen LogP contribution >= 0.6 is 27.7 Å². The van der Waals surface area contributed by atoms with Crippen LogP contribution in [0.25, 0.3) is 0 Å². The van der Waals surface area contributed by atoms with Gasteiger partial charge in [0.05, 0.1) is 7.11 Å². The van der Waals surface area contributed by atoms with Gasteiger partial charge in [0, 0.05) is 26.9 Å². The second kappa shape index (κ2) is 6.86. The normalized spacial score (nSPS) is 14.2. The molecule has 21 heavy (non-hydrogen) atoms. The fourth-order valence-electron chi connectivity index (χ4n) is 2.06. The molecule has 1 aliphatic carbocycles. The molecule has 2 aromatic rings. The molecule has 1 N–H and O–H groups in total. The second-order valence-corrected chi connectivity index (χ2v) is 7.17. The lowest BCUT2D eigenvalue weighted by Crippen LogP contribution is -2.15. The van der Waals surface area contributed by atoms with Gasteiger partial charge >= 0.3 is 0 Å². The van der Waals surface area contributed by atoms with E-state index in [9.17, 15) is 0 Å². The molecule has 2 nitrogen and oxygen atoms in total. The molecule has 0 spiro atoms. The van der Waals surface area contributed by atoms with Crippen molar-refractivity contribution in [2.24, 2.45) is 0 Å². The van der Waals surface area contributed by atoms with Gasteiger partial charge in [-0.15, -0.1) is 0 Å². The third-order valence-electron chi connectivity index (χ3n) is 3.46. The maximum absolute atomic E-state index is 5.18. The van der Waals surface area contributed by atoms with E-state index in [1.807, 2.05) is 12.1 Å². The molecule has 0 unspecified atom stereocenters. The highest BCUT2D eigenvalue weighted by atomic mass is 79.9. The Hall–Kier alpha value is -0.970. The van der Waals surface area contributed by atoms with Crippen LogP contribution in [0.3, 0.4) is 0 Å². The molecule has 0 radical (unpaired) electrons. The van der Waals surface area contributed by atoms with E-state index in [1.54, 1.807) is 18.9 Å². The summed E-state index contributed by atoms with van der Waals surface area (Å²) >= 11 is 5.44. The average molecular weight is 364 g/mol. The van der Waals surface area contributed by atoms with E-state index in [0.29, 0.717) is 0 Å².